The number of aliphatic imine (C=N–C) groups is 1. The van der Waals surface area contributed by atoms with Gasteiger partial charge >= 0.3 is 29.5 Å². The van der Waals surface area contributed by atoms with Crippen molar-refractivity contribution in [2.45, 2.75) is 93.2 Å². The number of nitrogens with one attached hydrogen (secondary N) is 2. The normalized spacial score (nSPS) is 13.4. The molecule has 0 radical (unpaired) electrons. The number of fused-ring (bicyclic) bond motifs is 4. The van der Waals surface area contributed by atoms with E-state index in [2.05, 4.69) is 181 Å². The van der Waals surface area contributed by atoms with Gasteiger partial charge in [-0.2, -0.15) is 17.6 Å². The quantitative estimate of drug-likeness (QED) is 0.00865. The number of carboxylic acid groups (broad SMARTS) is 2. The number of benzene rings is 4. The number of thiol groups is 1. The molecule has 0 aliphatic heterocycles. The van der Waals surface area contributed by atoms with Crippen molar-refractivity contribution in [1.82, 2.24) is 5.32 Å². The van der Waals surface area contributed by atoms with Crippen molar-refractivity contribution in [3.63, 3.8) is 0 Å². The van der Waals surface area contributed by atoms with Crippen molar-refractivity contribution in [2.24, 2.45) is 4.99 Å². The molecule has 0 spiro atoms. The molecule has 96 heavy (non-hydrogen) atoms. The topological polar surface area (TPSA) is 179 Å². The number of halogens is 2. The van der Waals surface area contributed by atoms with Crippen LogP contribution in [0.2, 0.25) is 12.1 Å². The van der Waals surface area contributed by atoms with Gasteiger partial charge < -0.3 is 57.2 Å². The molecular formula is C72H99Cl2N7O10S3Si2+2. The number of rotatable bonds is 29. The minimum atomic E-state index is -2.66. The van der Waals surface area contributed by atoms with E-state index in [9.17, 15) is 19.8 Å². The molecule has 0 unspecified atom stereocenters. The fraction of sp³-hybridized carbons (Fsp3) is 0.417. The van der Waals surface area contributed by atoms with Crippen LogP contribution in [0.25, 0.3) is 11.1 Å². The van der Waals surface area contributed by atoms with Crippen LogP contribution in [0.5, 0.6) is 0 Å². The molecule has 0 saturated carbocycles. The molecule has 17 nitrogen and oxygen atoms in total. The average Bonchev–Trinajstić information content (AvgIpc) is 0.753. The lowest BCUT2D eigenvalue weighted by molar-refractivity contribution is -0.519. The highest BCUT2D eigenvalue weighted by Gasteiger charge is 2.38. The summed E-state index contributed by atoms with van der Waals surface area (Å²) < 4.78 is 36.7. The summed E-state index contributed by atoms with van der Waals surface area (Å²) in [5, 5.41) is 29.7. The minimum absolute atomic E-state index is 0. The lowest BCUT2D eigenvalue weighted by Gasteiger charge is -2.29. The van der Waals surface area contributed by atoms with Gasteiger partial charge in [-0.3, -0.25) is 0 Å². The molecule has 0 amide bonds. The van der Waals surface area contributed by atoms with Crippen LogP contribution >= 0.6 is 61.9 Å². The molecule has 0 fully saturated rings. The van der Waals surface area contributed by atoms with Crippen LogP contribution in [0.3, 0.4) is 0 Å². The SMILES string of the molecule is CCN(CC)c1ccc2c(c1)CC1=CC(=[N+](CC)CC)C=CC1=C2c1ccc(N=C=S)cc1C(=O)O.CCN(CC)c1ccc2c(c1)CC1=CC(=[N+](CC)CC)C=CC1=C2c1ccc(NC(=S)NCCC[Si](OC)(OC)OC)cc1C(=O)O.CO[Si](CCCS)(OC)OC.Cl.Cl. The summed E-state index contributed by atoms with van der Waals surface area (Å²) in [5.41, 5.74) is 18.5. The number of carboxylic acids is 2. The first-order valence-corrected chi connectivity index (χ1v) is 37.7. The summed E-state index contributed by atoms with van der Waals surface area (Å²) in [6.45, 7) is 25.3. The number of hydrogen-bond donors (Lipinski definition) is 5. The monoisotopic (exact) mass is 1440 g/mol. The first kappa shape index (κ1) is 82.2. The van der Waals surface area contributed by atoms with Crippen molar-refractivity contribution in [3.05, 3.63) is 176 Å². The molecule has 24 heteroatoms. The fourth-order valence-electron chi connectivity index (χ4n) is 12.5. The highest BCUT2D eigenvalue weighted by Crippen LogP contribution is 2.45. The van der Waals surface area contributed by atoms with Gasteiger partial charge in [0.2, 0.25) is 0 Å². The van der Waals surface area contributed by atoms with E-state index in [0.29, 0.717) is 40.2 Å². The van der Waals surface area contributed by atoms with E-state index in [0.717, 1.165) is 123 Å². The highest BCUT2D eigenvalue weighted by molar-refractivity contribution is 7.80. The van der Waals surface area contributed by atoms with E-state index in [1.807, 2.05) is 18.2 Å². The molecule has 0 heterocycles. The number of isothiocyanates is 1. The maximum absolute atomic E-state index is 12.8. The van der Waals surface area contributed by atoms with Gasteiger partial charge in [0.1, 0.15) is 26.2 Å². The van der Waals surface area contributed by atoms with Gasteiger partial charge in [-0.05, 0) is 239 Å². The van der Waals surface area contributed by atoms with Crippen molar-refractivity contribution < 1.29 is 55.5 Å². The molecule has 4 aromatic rings. The van der Waals surface area contributed by atoms with E-state index in [4.69, 9.17) is 51.0 Å². The maximum atomic E-state index is 12.8. The predicted octanol–water partition coefficient (Wildman–Crippen LogP) is 14.5. The minimum Gasteiger partial charge on any atom is -0.478 e. The predicted molar refractivity (Wildman–Crippen MR) is 413 cm³/mol. The number of thiocarbonyl (C=S) groups is 2. The molecule has 4 N–H and O–H groups in total. The van der Waals surface area contributed by atoms with Crippen molar-refractivity contribution >= 4 is 147 Å². The van der Waals surface area contributed by atoms with Gasteiger partial charge in [-0.25, -0.2) is 18.7 Å². The van der Waals surface area contributed by atoms with Crippen molar-refractivity contribution in [2.75, 3.05) is 122 Å². The van der Waals surface area contributed by atoms with Crippen LogP contribution < -0.4 is 20.4 Å². The number of anilines is 3. The van der Waals surface area contributed by atoms with Crippen LogP contribution in [-0.2, 0) is 39.4 Å². The first-order chi connectivity index (χ1) is 45.4. The van der Waals surface area contributed by atoms with Gasteiger partial charge in [0.05, 0.1) is 22.0 Å². The summed E-state index contributed by atoms with van der Waals surface area (Å²) in [7, 11) is 4.71. The molecule has 520 valence electrons. The maximum Gasteiger partial charge on any atom is 0.500 e. The number of allylic oxidation sites excluding steroid dienone is 10. The van der Waals surface area contributed by atoms with E-state index in [1.54, 1.807) is 60.9 Å². The molecule has 8 rings (SSSR count). The Balaban J connectivity index is 0.000000354. The Bertz CT molecular complexity index is 3670. The third-order valence-corrected chi connectivity index (χ3v) is 23.9. The molecule has 0 saturated heterocycles. The van der Waals surface area contributed by atoms with Crippen molar-refractivity contribution in [1.29, 1.82) is 0 Å². The Morgan fingerprint density at radius 3 is 1.38 bits per heavy atom. The van der Waals surface area contributed by atoms with Gasteiger partial charge in [-0.1, -0.05) is 24.3 Å². The molecule has 4 aliphatic rings. The molecule has 0 aromatic heterocycles. The van der Waals surface area contributed by atoms with Crippen LogP contribution in [0.4, 0.5) is 22.7 Å². The second-order valence-electron chi connectivity index (χ2n) is 22.4. The fourth-order valence-corrected chi connectivity index (χ4v) is 16.7. The lowest BCUT2D eigenvalue weighted by atomic mass is 9.76. The standard InChI is InChI=1S/C36H48N4O5SSi.C30H31N3O2S.C6H16O3SSi.2ClH/c1-8-39(9-2)28-14-17-30-25(22-28)21-26-23-29(40(10-3)11-4)15-18-31(26)34(30)32-16-13-27(24-33(32)35(41)42)38-36(46)37-19-12-20-47(43-5,44-6)45-7;1-5-32(6-2)23-10-13-25-20(16-23)15-21-17-24(33(7-3)8-4)11-14-26(21)29(25)27-12-9-22(31-19-36)18-28(27)30(34)35;1-7-11(8-2,9-3)6-4-5-10;;/h13-18,22-24H,8-12,19-21H2,1-7H3,(H2,37,41,42,46);9-14,16-18H,5-8,15H2,1-4H3;10H,4-6H2,1-3H3;2*1H/p+2. The Hall–Kier alpha value is -6.19. The largest absolute Gasteiger partial charge is 0.500 e. The number of hydrogen-bond acceptors (Lipinski definition) is 14. The number of aromatic carboxylic acids is 2. The third kappa shape index (κ3) is 20.0. The van der Waals surface area contributed by atoms with E-state index in [1.165, 1.54) is 45.1 Å². The summed E-state index contributed by atoms with van der Waals surface area (Å²) >= 11 is 14.4. The Labute approximate surface area is 600 Å². The zero-order valence-electron chi connectivity index (χ0n) is 58.2. The smallest absolute Gasteiger partial charge is 0.478 e. The van der Waals surface area contributed by atoms with Crippen LogP contribution in [0, 0.1) is 0 Å². The van der Waals surface area contributed by atoms with Gasteiger partial charge in [0.25, 0.3) is 0 Å². The summed E-state index contributed by atoms with van der Waals surface area (Å²) in [6.07, 6.45) is 16.4. The first-order valence-electron chi connectivity index (χ1n) is 32.4. The summed E-state index contributed by atoms with van der Waals surface area (Å²) in [4.78, 5) is 33.9. The molecule has 4 aliphatic carbocycles. The Morgan fingerprint density at radius 2 is 0.990 bits per heavy atom. The molecule has 0 atom stereocenters. The summed E-state index contributed by atoms with van der Waals surface area (Å²) in [5.74, 6) is -1.15. The molecule has 0 bridgehead atoms. The number of carbonyl (C=O) groups is 2. The average molecular weight is 1450 g/mol. The Morgan fingerprint density at radius 1 is 0.583 bits per heavy atom. The van der Waals surface area contributed by atoms with Gasteiger partial charge in [0.15, 0.2) is 16.5 Å². The second-order valence-corrected chi connectivity index (χ2v) is 29.6. The summed E-state index contributed by atoms with van der Waals surface area (Å²) in [6, 6.07) is 25.3. The van der Waals surface area contributed by atoms with E-state index in [-0.39, 0.29) is 35.9 Å². The third-order valence-electron chi connectivity index (χ3n) is 17.6. The van der Waals surface area contributed by atoms with Gasteiger partial charge in [0, 0.05) is 129 Å². The van der Waals surface area contributed by atoms with Crippen LogP contribution in [0.15, 0.2) is 137 Å². The van der Waals surface area contributed by atoms with Gasteiger partial charge in [-0.15, -0.1) is 24.8 Å². The van der Waals surface area contributed by atoms with Crippen molar-refractivity contribution in [3.8, 4) is 0 Å². The Kier molecular flexibility index (Phi) is 34.3. The molecular weight excluding hydrogens is 1350 g/mol. The highest BCUT2D eigenvalue weighted by atomic mass is 35.5. The van der Waals surface area contributed by atoms with Crippen LogP contribution in [-0.4, -0.2) is 178 Å². The zero-order chi connectivity index (χ0) is 68.7. The van der Waals surface area contributed by atoms with Crippen LogP contribution in [0.1, 0.15) is 122 Å². The van der Waals surface area contributed by atoms with E-state index < -0.39 is 29.5 Å². The molecule has 4 aromatic carbocycles. The zero-order valence-corrected chi connectivity index (χ0v) is 64.3. The number of nitrogens with zero attached hydrogens (tertiary/aromatic N) is 5. The second kappa shape index (κ2) is 40.0. The van der Waals surface area contributed by atoms with E-state index >= 15 is 0 Å². The lowest BCUT2D eigenvalue weighted by Crippen LogP contribution is -2.43.